The minimum absolute atomic E-state index is 0.0143. The number of nitrogens with one attached hydrogen (secondary N) is 2. The number of benzene rings is 1. The van der Waals surface area contributed by atoms with Crippen molar-refractivity contribution < 1.29 is 13.5 Å². The van der Waals surface area contributed by atoms with E-state index < -0.39 is 11.6 Å². The van der Waals surface area contributed by atoms with Crippen molar-refractivity contribution in [3.63, 3.8) is 0 Å². The van der Waals surface area contributed by atoms with E-state index in [4.69, 9.17) is 4.74 Å². The van der Waals surface area contributed by atoms with E-state index in [2.05, 4.69) is 26.9 Å². The van der Waals surface area contributed by atoms with Gasteiger partial charge in [0.1, 0.15) is 29.0 Å². The van der Waals surface area contributed by atoms with Crippen molar-refractivity contribution in [2.45, 2.75) is 51.1 Å². The summed E-state index contributed by atoms with van der Waals surface area (Å²) in [6.45, 7) is 4.49. The lowest BCUT2D eigenvalue weighted by atomic mass is 9.85. The van der Waals surface area contributed by atoms with E-state index in [1.54, 1.807) is 6.92 Å². The molecule has 3 aliphatic rings. The van der Waals surface area contributed by atoms with Crippen molar-refractivity contribution in [2.75, 3.05) is 25.1 Å². The summed E-state index contributed by atoms with van der Waals surface area (Å²) in [6.07, 6.45) is 5.55. The first-order chi connectivity index (χ1) is 16.0. The van der Waals surface area contributed by atoms with Gasteiger partial charge in [-0.2, -0.15) is 5.26 Å². The largest absolute Gasteiger partial charge is 0.381 e. The van der Waals surface area contributed by atoms with Crippen molar-refractivity contribution in [2.24, 2.45) is 17.8 Å². The Morgan fingerprint density at radius 1 is 1.21 bits per heavy atom. The second-order valence-electron chi connectivity index (χ2n) is 9.68. The number of ether oxygens (including phenoxy) is 1. The van der Waals surface area contributed by atoms with Gasteiger partial charge in [-0.3, -0.25) is 0 Å². The molecule has 6 nitrogen and oxygen atoms in total. The minimum atomic E-state index is -0.593. The van der Waals surface area contributed by atoms with Crippen molar-refractivity contribution in [1.82, 2.24) is 15.5 Å². The summed E-state index contributed by atoms with van der Waals surface area (Å²) in [4.78, 5) is 0. The van der Waals surface area contributed by atoms with Gasteiger partial charge in [0.05, 0.1) is 0 Å². The van der Waals surface area contributed by atoms with Gasteiger partial charge >= 0.3 is 0 Å². The zero-order valence-corrected chi connectivity index (χ0v) is 18.8. The molecule has 2 aliphatic heterocycles. The number of fused-ring (bicyclic) bond motifs is 1. The Morgan fingerprint density at radius 3 is 2.82 bits per heavy atom. The predicted octanol–water partition coefficient (Wildman–Crippen LogP) is 4.20. The lowest BCUT2D eigenvalue weighted by Gasteiger charge is -2.27. The molecular formula is C25H29F2N5O. The maximum absolute atomic E-state index is 14.3. The molecule has 33 heavy (non-hydrogen) atoms. The first kappa shape index (κ1) is 22.2. The van der Waals surface area contributed by atoms with Crippen LogP contribution < -0.4 is 10.6 Å². The number of nitrogens with zero attached hydrogens (tertiary/aromatic N) is 3. The van der Waals surface area contributed by atoms with Crippen LogP contribution in [0.3, 0.4) is 0 Å². The summed E-state index contributed by atoms with van der Waals surface area (Å²) in [7, 11) is 0. The zero-order valence-electron chi connectivity index (χ0n) is 18.8. The van der Waals surface area contributed by atoms with Crippen molar-refractivity contribution in [1.29, 1.82) is 5.26 Å². The molecule has 2 N–H and O–H groups in total. The molecule has 174 valence electrons. The molecule has 0 amide bonds. The molecule has 2 saturated heterocycles. The topological polar surface area (TPSA) is 82.9 Å². The van der Waals surface area contributed by atoms with Gasteiger partial charge in [-0.05, 0) is 87.1 Å². The number of nitriles is 1. The van der Waals surface area contributed by atoms with Gasteiger partial charge in [-0.15, -0.1) is 10.2 Å². The first-order valence-corrected chi connectivity index (χ1v) is 11.8. The fourth-order valence-corrected chi connectivity index (χ4v) is 5.94. The van der Waals surface area contributed by atoms with Crippen LogP contribution in [0.1, 0.15) is 43.2 Å². The van der Waals surface area contributed by atoms with E-state index in [-0.39, 0.29) is 17.3 Å². The second-order valence-corrected chi connectivity index (χ2v) is 9.68. The lowest BCUT2D eigenvalue weighted by molar-refractivity contribution is 0.0594. The number of hydrogen-bond acceptors (Lipinski definition) is 6. The van der Waals surface area contributed by atoms with E-state index in [1.807, 2.05) is 0 Å². The summed E-state index contributed by atoms with van der Waals surface area (Å²) >= 11 is 0. The average Bonchev–Trinajstić information content (AvgIpc) is 3.38. The molecule has 0 spiro atoms. The van der Waals surface area contributed by atoms with Gasteiger partial charge in [0.2, 0.25) is 0 Å². The van der Waals surface area contributed by atoms with Crippen LogP contribution in [-0.4, -0.2) is 42.0 Å². The second kappa shape index (κ2) is 9.32. The Labute approximate surface area is 192 Å². The van der Waals surface area contributed by atoms with Gasteiger partial charge < -0.3 is 15.4 Å². The van der Waals surface area contributed by atoms with Crippen LogP contribution in [0.2, 0.25) is 0 Å². The van der Waals surface area contributed by atoms with Gasteiger partial charge in [0, 0.05) is 30.9 Å². The Hall–Kier alpha value is -2.63. The predicted molar refractivity (Wildman–Crippen MR) is 120 cm³/mol. The van der Waals surface area contributed by atoms with Crippen LogP contribution in [0.25, 0.3) is 11.3 Å². The number of rotatable bonds is 5. The molecule has 0 radical (unpaired) electrons. The van der Waals surface area contributed by atoms with Gasteiger partial charge in [-0.1, -0.05) is 0 Å². The molecular weight excluding hydrogens is 424 g/mol. The Kier molecular flexibility index (Phi) is 6.26. The van der Waals surface area contributed by atoms with Crippen LogP contribution in [-0.2, 0) is 4.74 Å². The highest BCUT2D eigenvalue weighted by atomic mass is 19.1. The molecule has 2 aromatic rings. The number of aromatic nitrogens is 2. The molecule has 1 aliphatic carbocycles. The van der Waals surface area contributed by atoms with E-state index in [0.717, 1.165) is 69.6 Å². The van der Waals surface area contributed by atoms with Crippen molar-refractivity contribution in [3.8, 4) is 17.3 Å². The molecule has 3 fully saturated rings. The summed E-state index contributed by atoms with van der Waals surface area (Å²) in [5.74, 6) is 1.24. The maximum Gasteiger partial charge on any atom is 0.167 e. The molecule has 4 atom stereocenters. The standard InChI is InChI=1S/C25H29F2N5O/c1-14-21(12-28)25(32-31-24(14)20-10-17(26)2-3-22(20)27)30-18-9-16-13-29-23(19(16)11-18)8-15-4-6-33-7-5-15/h2-3,10,15-16,18-19,23,29H,4-9,11,13H2,1H3,(H,30,32)/t16-,18+,19+,23+/m1/s1. The quantitative estimate of drug-likeness (QED) is 0.706. The lowest BCUT2D eigenvalue weighted by Crippen LogP contribution is -2.33. The van der Waals surface area contributed by atoms with Crippen LogP contribution in [0.5, 0.6) is 0 Å². The summed E-state index contributed by atoms with van der Waals surface area (Å²) in [5.41, 5.74) is 1.04. The summed E-state index contributed by atoms with van der Waals surface area (Å²) in [5, 5.41) is 25.4. The van der Waals surface area contributed by atoms with E-state index in [9.17, 15) is 14.0 Å². The monoisotopic (exact) mass is 453 g/mol. The SMILES string of the molecule is Cc1c(-c2cc(F)ccc2F)nnc(N[C@H]2C[C@@H]3CN[C@@H](CC4CCOCC4)[C@H]3C2)c1C#N. The van der Waals surface area contributed by atoms with E-state index >= 15 is 0 Å². The summed E-state index contributed by atoms with van der Waals surface area (Å²) in [6, 6.07) is 6.15. The average molecular weight is 454 g/mol. The Morgan fingerprint density at radius 2 is 2.03 bits per heavy atom. The normalized spacial score (nSPS) is 27.3. The van der Waals surface area contributed by atoms with Crippen molar-refractivity contribution in [3.05, 3.63) is 41.0 Å². The molecule has 0 bridgehead atoms. The minimum Gasteiger partial charge on any atom is -0.381 e. The fraction of sp³-hybridized carbons (Fsp3) is 0.560. The molecule has 3 heterocycles. The molecule has 0 unspecified atom stereocenters. The fourth-order valence-electron chi connectivity index (χ4n) is 5.94. The number of hydrogen-bond donors (Lipinski definition) is 2. The molecule has 1 aromatic heterocycles. The Balaban J connectivity index is 1.30. The highest BCUT2D eigenvalue weighted by Crippen LogP contribution is 2.42. The van der Waals surface area contributed by atoms with Crippen molar-refractivity contribution >= 4 is 5.82 Å². The molecule has 8 heteroatoms. The van der Waals surface area contributed by atoms with Gasteiger partial charge in [-0.25, -0.2) is 8.78 Å². The van der Waals surface area contributed by atoms with Crippen LogP contribution in [0.4, 0.5) is 14.6 Å². The van der Waals surface area contributed by atoms with E-state index in [1.165, 1.54) is 6.42 Å². The maximum atomic E-state index is 14.3. The smallest absolute Gasteiger partial charge is 0.167 e. The third-order valence-electron chi connectivity index (χ3n) is 7.69. The first-order valence-electron chi connectivity index (χ1n) is 11.8. The zero-order chi connectivity index (χ0) is 22.9. The van der Waals surface area contributed by atoms with Gasteiger partial charge in [0.15, 0.2) is 5.82 Å². The van der Waals surface area contributed by atoms with Gasteiger partial charge in [0.25, 0.3) is 0 Å². The number of halogens is 2. The Bertz CT molecular complexity index is 1070. The van der Waals surface area contributed by atoms with Crippen LogP contribution >= 0.6 is 0 Å². The molecule has 1 aromatic carbocycles. The third-order valence-corrected chi connectivity index (χ3v) is 7.69. The summed E-state index contributed by atoms with van der Waals surface area (Å²) < 4.78 is 33.5. The molecule has 5 rings (SSSR count). The van der Waals surface area contributed by atoms with Crippen LogP contribution in [0, 0.1) is 47.6 Å². The third kappa shape index (κ3) is 4.44. The molecule has 1 saturated carbocycles. The highest BCUT2D eigenvalue weighted by molar-refractivity contribution is 5.70. The van der Waals surface area contributed by atoms with E-state index in [0.29, 0.717) is 34.8 Å². The van der Waals surface area contributed by atoms with Crippen LogP contribution in [0.15, 0.2) is 18.2 Å². The number of anilines is 1. The highest BCUT2D eigenvalue weighted by Gasteiger charge is 2.44.